The molecule has 0 atom stereocenters. The summed E-state index contributed by atoms with van der Waals surface area (Å²) in [7, 11) is 1.85. The van der Waals surface area contributed by atoms with Gasteiger partial charge in [-0.2, -0.15) is 0 Å². The predicted octanol–water partition coefficient (Wildman–Crippen LogP) is 0.543. The summed E-state index contributed by atoms with van der Waals surface area (Å²) in [5.74, 6) is 5.82. The van der Waals surface area contributed by atoms with Gasteiger partial charge in [-0.25, -0.2) is 4.98 Å². The molecule has 1 aromatic heterocycles. The lowest BCUT2D eigenvalue weighted by molar-refractivity contribution is 0.938. The highest BCUT2D eigenvalue weighted by Gasteiger charge is 1.98. The maximum Gasteiger partial charge on any atom is 0.136 e. The van der Waals surface area contributed by atoms with Gasteiger partial charge in [-0.1, -0.05) is 5.92 Å². The fraction of sp³-hybridized carbons (Fsp3) is 0.300. The summed E-state index contributed by atoms with van der Waals surface area (Å²) >= 11 is 0. The second-order valence-corrected chi connectivity index (χ2v) is 2.72. The molecule has 1 aromatic rings. The maximum atomic E-state index is 5.78. The first-order chi connectivity index (χ1) is 6.25. The standard InChI is InChI=1S/C10H13N3/c1-8-5-7-13-9(10(8)11)4-3-6-12-2/h5,7,12H,6,11H2,1-2H3. The molecule has 0 fully saturated rings. The average Bonchev–Trinajstić information content (AvgIpc) is 2.13. The SMILES string of the molecule is CNCC#Cc1nccc(C)c1N. The number of anilines is 1. The van der Waals surface area contributed by atoms with Crippen LogP contribution in [0.1, 0.15) is 11.3 Å². The Balaban J connectivity index is 2.91. The van der Waals surface area contributed by atoms with Gasteiger partial charge in [0, 0.05) is 6.20 Å². The number of hydrogen-bond acceptors (Lipinski definition) is 3. The number of nitrogens with one attached hydrogen (secondary N) is 1. The predicted molar refractivity (Wildman–Crippen MR) is 54.2 cm³/mol. The third kappa shape index (κ3) is 2.46. The molecule has 3 heteroatoms. The molecule has 0 aliphatic heterocycles. The molecule has 3 N–H and O–H groups in total. The molecule has 1 rings (SSSR count). The van der Waals surface area contributed by atoms with Crippen LogP contribution in [0.4, 0.5) is 5.69 Å². The Hall–Kier alpha value is -1.53. The van der Waals surface area contributed by atoms with Crippen molar-refractivity contribution in [3.8, 4) is 11.8 Å². The van der Waals surface area contributed by atoms with Crippen molar-refractivity contribution in [2.45, 2.75) is 6.92 Å². The van der Waals surface area contributed by atoms with E-state index in [0.29, 0.717) is 17.9 Å². The van der Waals surface area contributed by atoms with E-state index >= 15 is 0 Å². The minimum absolute atomic E-state index is 0.648. The van der Waals surface area contributed by atoms with Crippen molar-refractivity contribution >= 4 is 5.69 Å². The largest absolute Gasteiger partial charge is 0.396 e. The fourth-order valence-corrected chi connectivity index (χ4v) is 0.886. The Morgan fingerprint density at radius 2 is 2.38 bits per heavy atom. The smallest absolute Gasteiger partial charge is 0.136 e. The monoisotopic (exact) mass is 175 g/mol. The Morgan fingerprint density at radius 1 is 1.62 bits per heavy atom. The number of pyridine rings is 1. The zero-order valence-electron chi connectivity index (χ0n) is 7.89. The van der Waals surface area contributed by atoms with Gasteiger partial charge >= 0.3 is 0 Å². The minimum atomic E-state index is 0.648. The van der Waals surface area contributed by atoms with Gasteiger partial charge < -0.3 is 11.1 Å². The Morgan fingerprint density at radius 3 is 3.08 bits per heavy atom. The molecule has 0 saturated heterocycles. The lowest BCUT2D eigenvalue weighted by Crippen LogP contribution is -2.04. The lowest BCUT2D eigenvalue weighted by Gasteiger charge is -1.99. The third-order valence-electron chi connectivity index (χ3n) is 1.68. The molecule has 0 unspecified atom stereocenters. The normalized spacial score (nSPS) is 9.08. The Bertz CT molecular complexity index is 347. The number of aromatic nitrogens is 1. The summed E-state index contributed by atoms with van der Waals surface area (Å²) in [6.45, 7) is 2.59. The van der Waals surface area contributed by atoms with Crippen LogP contribution in [0.25, 0.3) is 0 Å². The van der Waals surface area contributed by atoms with Crippen LogP contribution in [0.15, 0.2) is 12.3 Å². The molecule has 0 aliphatic rings. The second-order valence-electron chi connectivity index (χ2n) is 2.72. The number of nitrogens with two attached hydrogens (primary N) is 1. The highest BCUT2D eigenvalue weighted by atomic mass is 14.8. The van der Waals surface area contributed by atoms with E-state index < -0.39 is 0 Å². The molecule has 0 amide bonds. The molecular formula is C10H13N3. The molecular weight excluding hydrogens is 162 g/mol. The van der Waals surface area contributed by atoms with Crippen molar-refractivity contribution in [2.75, 3.05) is 19.3 Å². The summed E-state index contributed by atoms with van der Waals surface area (Å²) in [5, 5.41) is 2.93. The van der Waals surface area contributed by atoms with Gasteiger partial charge in [-0.3, -0.25) is 0 Å². The first kappa shape index (κ1) is 9.56. The first-order valence-corrected chi connectivity index (χ1v) is 4.10. The zero-order chi connectivity index (χ0) is 9.68. The van der Waals surface area contributed by atoms with E-state index in [-0.39, 0.29) is 0 Å². The summed E-state index contributed by atoms with van der Waals surface area (Å²) in [6.07, 6.45) is 1.72. The van der Waals surface area contributed by atoms with Crippen molar-refractivity contribution in [3.05, 3.63) is 23.5 Å². The van der Waals surface area contributed by atoms with Crippen LogP contribution in [-0.4, -0.2) is 18.6 Å². The van der Waals surface area contributed by atoms with Crippen molar-refractivity contribution in [1.29, 1.82) is 0 Å². The van der Waals surface area contributed by atoms with Gasteiger partial charge in [0.1, 0.15) is 5.69 Å². The van der Waals surface area contributed by atoms with E-state index in [1.54, 1.807) is 6.20 Å². The van der Waals surface area contributed by atoms with Crippen LogP contribution in [0.5, 0.6) is 0 Å². The quantitative estimate of drug-likeness (QED) is 0.613. The molecule has 13 heavy (non-hydrogen) atoms. The number of rotatable bonds is 1. The Kier molecular flexibility index (Phi) is 3.30. The molecule has 0 aliphatic carbocycles. The summed E-state index contributed by atoms with van der Waals surface area (Å²) in [4.78, 5) is 4.08. The fourth-order valence-electron chi connectivity index (χ4n) is 0.886. The summed E-state index contributed by atoms with van der Waals surface area (Å²) < 4.78 is 0. The van der Waals surface area contributed by atoms with Gasteiger partial charge in [0.2, 0.25) is 0 Å². The highest BCUT2D eigenvalue weighted by molar-refractivity contribution is 5.56. The van der Waals surface area contributed by atoms with Gasteiger partial charge in [0.25, 0.3) is 0 Å². The summed E-state index contributed by atoms with van der Waals surface area (Å²) in [5.41, 5.74) is 8.13. The molecule has 0 spiro atoms. The van der Waals surface area contributed by atoms with E-state index in [1.807, 2.05) is 20.0 Å². The molecule has 0 radical (unpaired) electrons. The van der Waals surface area contributed by atoms with Gasteiger partial charge in [0.15, 0.2) is 0 Å². The van der Waals surface area contributed by atoms with Crippen molar-refractivity contribution in [1.82, 2.24) is 10.3 Å². The topological polar surface area (TPSA) is 50.9 Å². The third-order valence-corrected chi connectivity index (χ3v) is 1.68. The molecule has 0 saturated carbocycles. The van der Waals surface area contributed by atoms with E-state index in [2.05, 4.69) is 22.1 Å². The minimum Gasteiger partial charge on any atom is -0.396 e. The molecule has 3 nitrogen and oxygen atoms in total. The van der Waals surface area contributed by atoms with Crippen LogP contribution in [0, 0.1) is 18.8 Å². The molecule has 0 bridgehead atoms. The van der Waals surface area contributed by atoms with Crippen LogP contribution < -0.4 is 11.1 Å². The number of aryl methyl sites for hydroxylation is 1. The van der Waals surface area contributed by atoms with E-state index in [9.17, 15) is 0 Å². The number of nitrogens with zero attached hydrogens (tertiary/aromatic N) is 1. The molecule has 1 heterocycles. The van der Waals surface area contributed by atoms with Gasteiger partial charge in [0.05, 0.1) is 12.2 Å². The van der Waals surface area contributed by atoms with Gasteiger partial charge in [-0.05, 0) is 31.5 Å². The van der Waals surface area contributed by atoms with Crippen LogP contribution >= 0.6 is 0 Å². The zero-order valence-corrected chi connectivity index (χ0v) is 7.89. The summed E-state index contributed by atoms with van der Waals surface area (Å²) in [6, 6.07) is 1.87. The lowest BCUT2D eigenvalue weighted by atomic mass is 10.2. The van der Waals surface area contributed by atoms with E-state index in [4.69, 9.17) is 5.73 Å². The number of nitrogen functional groups attached to an aromatic ring is 1. The Labute approximate surface area is 78.4 Å². The van der Waals surface area contributed by atoms with Gasteiger partial charge in [-0.15, -0.1) is 0 Å². The molecule has 68 valence electrons. The van der Waals surface area contributed by atoms with Crippen LogP contribution in [0.3, 0.4) is 0 Å². The van der Waals surface area contributed by atoms with Crippen LogP contribution in [-0.2, 0) is 0 Å². The average molecular weight is 175 g/mol. The second kappa shape index (κ2) is 4.48. The van der Waals surface area contributed by atoms with Crippen molar-refractivity contribution in [3.63, 3.8) is 0 Å². The van der Waals surface area contributed by atoms with Crippen molar-refractivity contribution in [2.24, 2.45) is 0 Å². The first-order valence-electron chi connectivity index (χ1n) is 4.10. The maximum absolute atomic E-state index is 5.78. The van der Waals surface area contributed by atoms with Crippen molar-refractivity contribution < 1.29 is 0 Å². The molecule has 0 aromatic carbocycles. The van der Waals surface area contributed by atoms with E-state index in [1.165, 1.54) is 0 Å². The van der Waals surface area contributed by atoms with Crippen LogP contribution in [0.2, 0.25) is 0 Å². The van der Waals surface area contributed by atoms with E-state index in [0.717, 1.165) is 5.56 Å². The highest BCUT2D eigenvalue weighted by Crippen LogP contribution is 2.11. The number of hydrogen-bond donors (Lipinski definition) is 2.